The summed E-state index contributed by atoms with van der Waals surface area (Å²) in [4.78, 5) is 14.5. The normalized spacial score (nSPS) is 17.2. The molecule has 0 saturated carbocycles. The monoisotopic (exact) mass is 368 g/mol. The van der Waals surface area contributed by atoms with Gasteiger partial charge in [0, 0.05) is 24.7 Å². The van der Waals surface area contributed by atoms with Crippen LogP contribution in [0.2, 0.25) is 5.02 Å². The van der Waals surface area contributed by atoms with Gasteiger partial charge in [0.2, 0.25) is 5.91 Å². The minimum absolute atomic E-state index is 0. The van der Waals surface area contributed by atoms with Crippen LogP contribution in [-0.4, -0.2) is 30.4 Å². The molecule has 6 heteroatoms. The van der Waals surface area contributed by atoms with Crippen LogP contribution < -0.4 is 5.32 Å². The molecule has 128 valence electrons. The molecule has 0 radical (unpaired) electrons. The number of nitrogens with zero attached hydrogens (tertiary/aromatic N) is 1. The number of hydrogen-bond donors (Lipinski definition) is 1. The molecule has 2 aromatic rings. The second kappa shape index (κ2) is 8.47. The lowest BCUT2D eigenvalue weighted by atomic mass is 10.0. The maximum absolute atomic E-state index is 13.3. The number of carbonyl (C=O) groups excluding carboxylic acids is 1. The summed E-state index contributed by atoms with van der Waals surface area (Å²) in [6, 6.07) is 13.7. The van der Waals surface area contributed by atoms with Crippen LogP contribution in [0.15, 0.2) is 48.5 Å². The number of amides is 1. The zero-order valence-corrected chi connectivity index (χ0v) is 14.6. The van der Waals surface area contributed by atoms with Crippen LogP contribution in [-0.2, 0) is 11.2 Å². The fourth-order valence-corrected chi connectivity index (χ4v) is 3.14. The molecule has 1 aliphatic rings. The maximum Gasteiger partial charge on any atom is 0.227 e. The summed E-state index contributed by atoms with van der Waals surface area (Å²) in [5.74, 6) is -0.316. The van der Waals surface area contributed by atoms with Crippen molar-refractivity contribution < 1.29 is 9.18 Å². The van der Waals surface area contributed by atoms with Crippen LogP contribution >= 0.6 is 24.0 Å². The van der Waals surface area contributed by atoms with Crippen molar-refractivity contribution in [2.24, 2.45) is 0 Å². The van der Waals surface area contributed by atoms with E-state index in [1.165, 1.54) is 12.1 Å². The fraction of sp³-hybridized carbons (Fsp3) is 0.278. The lowest BCUT2D eigenvalue weighted by Crippen LogP contribution is -2.49. The molecule has 1 aliphatic heterocycles. The molecule has 24 heavy (non-hydrogen) atoms. The van der Waals surface area contributed by atoms with Gasteiger partial charge in [-0.2, -0.15) is 0 Å². The van der Waals surface area contributed by atoms with Crippen molar-refractivity contribution in [3.05, 3.63) is 70.5 Å². The topological polar surface area (TPSA) is 32.3 Å². The van der Waals surface area contributed by atoms with E-state index in [1.807, 2.05) is 29.2 Å². The summed E-state index contributed by atoms with van der Waals surface area (Å²) < 4.78 is 13.3. The molecule has 1 fully saturated rings. The molecule has 1 amide bonds. The van der Waals surface area contributed by atoms with Crippen LogP contribution in [0.4, 0.5) is 4.39 Å². The summed E-state index contributed by atoms with van der Waals surface area (Å²) in [6.45, 7) is 2.08. The lowest BCUT2D eigenvalue weighted by molar-refractivity contribution is -0.133. The molecule has 3 rings (SSSR count). The Hall–Kier alpha value is -1.62. The zero-order chi connectivity index (χ0) is 16.2. The Morgan fingerprint density at radius 3 is 2.79 bits per heavy atom. The van der Waals surface area contributed by atoms with Gasteiger partial charge >= 0.3 is 0 Å². The summed E-state index contributed by atoms with van der Waals surface area (Å²) in [7, 11) is 0. The van der Waals surface area contributed by atoms with Crippen LogP contribution in [0.3, 0.4) is 0 Å². The smallest absolute Gasteiger partial charge is 0.227 e. The largest absolute Gasteiger partial charge is 0.333 e. The highest BCUT2D eigenvalue weighted by atomic mass is 35.5. The van der Waals surface area contributed by atoms with Gasteiger partial charge < -0.3 is 10.2 Å². The first kappa shape index (κ1) is 18.7. The Kier molecular flexibility index (Phi) is 6.60. The summed E-state index contributed by atoms with van der Waals surface area (Å²) in [5.41, 5.74) is 1.70. The molecule has 0 aliphatic carbocycles. The van der Waals surface area contributed by atoms with Gasteiger partial charge in [0.25, 0.3) is 0 Å². The second-order valence-corrected chi connectivity index (χ2v) is 6.11. The first-order valence-electron chi connectivity index (χ1n) is 7.63. The van der Waals surface area contributed by atoms with E-state index in [0.717, 1.165) is 12.1 Å². The predicted molar refractivity (Wildman–Crippen MR) is 96.1 cm³/mol. The molecule has 1 saturated heterocycles. The SMILES string of the molecule is Cl.O=C(Cc1cccc(F)c1)N1CCNCC1c1cccc(Cl)c1. The van der Waals surface area contributed by atoms with Crippen LogP contribution in [0.5, 0.6) is 0 Å². The van der Waals surface area contributed by atoms with Crippen molar-refractivity contribution in [2.75, 3.05) is 19.6 Å². The Balaban J connectivity index is 0.00000208. The van der Waals surface area contributed by atoms with Crippen LogP contribution in [0.1, 0.15) is 17.2 Å². The van der Waals surface area contributed by atoms with Crippen molar-refractivity contribution in [1.82, 2.24) is 10.2 Å². The molecule has 3 nitrogen and oxygen atoms in total. The van der Waals surface area contributed by atoms with E-state index in [4.69, 9.17) is 11.6 Å². The number of halogens is 3. The van der Waals surface area contributed by atoms with E-state index < -0.39 is 0 Å². The molecule has 1 heterocycles. The van der Waals surface area contributed by atoms with Gasteiger partial charge in [-0.1, -0.05) is 35.9 Å². The zero-order valence-electron chi connectivity index (χ0n) is 13.0. The Morgan fingerprint density at radius 1 is 1.25 bits per heavy atom. The van der Waals surface area contributed by atoms with Crippen molar-refractivity contribution in [2.45, 2.75) is 12.5 Å². The van der Waals surface area contributed by atoms with Gasteiger partial charge in [0.05, 0.1) is 12.5 Å². The van der Waals surface area contributed by atoms with Gasteiger partial charge in [-0.15, -0.1) is 12.4 Å². The minimum Gasteiger partial charge on any atom is -0.333 e. The van der Waals surface area contributed by atoms with E-state index in [0.29, 0.717) is 23.7 Å². The number of nitrogens with one attached hydrogen (secondary N) is 1. The van der Waals surface area contributed by atoms with Gasteiger partial charge in [-0.3, -0.25) is 4.79 Å². The van der Waals surface area contributed by atoms with Crippen molar-refractivity contribution in [1.29, 1.82) is 0 Å². The van der Waals surface area contributed by atoms with E-state index in [2.05, 4.69) is 5.32 Å². The molecule has 0 bridgehead atoms. The van der Waals surface area contributed by atoms with Crippen molar-refractivity contribution >= 4 is 29.9 Å². The van der Waals surface area contributed by atoms with Gasteiger partial charge in [0.15, 0.2) is 0 Å². The van der Waals surface area contributed by atoms with E-state index in [-0.39, 0.29) is 36.6 Å². The van der Waals surface area contributed by atoms with Crippen molar-refractivity contribution in [3.8, 4) is 0 Å². The highest BCUT2D eigenvalue weighted by Gasteiger charge is 2.27. The standard InChI is InChI=1S/C18H18ClFN2O.ClH/c19-15-5-2-4-14(11-15)17-12-21-7-8-22(17)18(23)10-13-3-1-6-16(20)9-13;/h1-6,9,11,17,21H,7-8,10,12H2;1H. The summed E-state index contributed by atoms with van der Waals surface area (Å²) >= 11 is 6.07. The highest BCUT2D eigenvalue weighted by molar-refractivity contribution is 6.30. The molecule has 0 spiro atoms. The molecular formula is C18H19Cl2FN2O. The molecule has 1 atom stereocenters. The van der Waals surface area contributed by atoms with E-state index in [9.17, 15) is 9.18 Å². The molecule has 2 aromatic carbocycles. The third-order valence-electron chi connectivity index (χ3n) is 4.04. The third kappa shape index (κ3) is 4.47. The average Bonchev–Trinajstić information content (AvgIpc) is 2.55. The first-order chi connectivity index (χ1) is 11.1. The number of rotatable bonds is 3. The van der Waals surface area contributed by atoms with E-state index in [1.54, 1.807) is 12.1 Å². The summed E-state index contributed by atoms with van der Waals surface area (Å²) in [6.07, 6.45) is 0.203. The minimum atomic E-state index is -0.318. The Morgan fingerprint density at radius 2 is 2.04 bits per heavy atom. The second-order valence-electron chi connectivity index (χ2n) is 5.67. The fourth-order valence-electron chi connectivity index (χ4n) is 2.94. The molecular weight excluding hydrogens is 350 g/mol. The quantitative estimate of drug-likeness (QED) is 0.897. The van der Waals surface area contributed by atoms with Crippen molar-refractivity contribution in [3.63, 3.8) is 0 Å². The molecule has 1 N–H and O–H groups in total. The Bertz CT molecular complexity index is 711. The molecule has 1 unspecified atom stereocenters. The maximum atomic E-state index is 13.3. The lowest BCUT2D eigenvalue weighted by Gasteiger charge is -2.36. The number of piperazine rings is 1. The number of benzene rings is 2. The van der Waals surface area contributed by atoms with Gasteiger partial charge in [0.1, 0.15) is 5.82 Å². The molecule has 0 aromatic heterocycles. The van der Waals surface area contributed by atoms with E-state index >= 15 is 0 Å². The predicted octanol–water partition coefficient (Wildman–Crippen LogP) is 3.62. The summed E-state index contributed by atoms with van der Waals surface area (Å²) in [5, 5.41) is 3.97. The first-order valence-corrected chi connectivity index (χ1v) is 8.01. The third-order valence-corrected chi connectivity index (χ3v) is 4.28. The van der Waals surface area contributed by atoms with Crippen LogP contribution in [0.25, 0.3) is 0 Å². The Labute approximate surface area is 152 Å². The highest BCUT2D eigenvalue weighted by Crippen LogP contribution is 2.25. The number of hydrogen-bond acceptors (Lipinski definition) is 2. The van der Waals surface area contributed by atoms with Gasteiger partial charge in [-0.25, -0.2) is 4.39 Å². The number of carbonyl (C=O) groups is 1. The van der Waals surface area contributed by atoms with Crippen LogP contribution in [0, 0.1) is 5.82 Å². The average molecular weight is 369 g/mol. The van der Waals surface area contributed by atoms with Gasteiger partial charge in [-0.05, 0) is 35.4 Å².